The zero-order chi connectivity index (χ0) is 11.9. The third kappa shape index (κ3) is 4.81. The summed E-state index contributed by atoms with van der Waals surface area (Å²) in [5, 5.41) is 3.47. The molecule has 0 radical (unpaired) electrons. The molecule has 0 unspecified atom stereocenters. The molecule has 3 heteroatoms. The highest BCUT2D eigenvalue weighted by Gasteiger charge is 2.37. The highest BCUT2D eigenvalue weighted by atomic mass is 16.5. The first-order valence-electron chi connectivity index (χ1n) is 6.55. The molecule has 0 saturated heterocycles. The fourth-order valence-electron chi connectivity index (χ4n) is 2.12. The van der Waals surface area contributed by atoms with Gasteiger partial charge in [0, 0.05) is 26.4 Å². The van der Waals surface area contributed by atoms with Gasteiger partial charge in [0.1, 0.15) is 0 Å². The van der Waals surface area contributed by atoms with Gasteiger partial charge in [-0.1, -0.05) is 13.8 Å². The van der Waals surface area contributed by atoms with Crippen molar-refractivity contribution in [3.63, 3.8) is 0 Å². The first kappa shape index (κ1) is 13.9. The van der Waals surface area contributed by atoms with E-state index in [-0.39, 0.29) is 5.60 Å². The van der Waals surface area contributed by atoms with Gasteiger partial charge in [0.25, 0.3) is 0 Å². The molecule has 0 aromatic rings. The van der Waals surface area contributed by atoms with Gasteiger partial charge in [0.05, 0.1) is 5.60 Å². The molecule has 0 amide bonds. The van der Waals surface area contributed by atoms with E-state index in [2.05, 4.69) is 19.2 Å². The Kier molecular flexibility index (Phi) is 6.32. The lowest BCUT2D eigenvalue weighted by Crippen LogP contribution is -2.43. The standard InChI is InChI=1S/C13H27NO2/c1-12(2)14-9-8-13(6-4-7-13)16-11-5-10-15-3/h12,14H,4-11H2,1-3H3. The summed E-state index contributed by atoms with van der Waals surface area (Å²) in [4.78, 5) is 0. The molecule has 0 heterocycles. The fraction of sp³-hybridized carbons (Fsp3) is 1.00. The molecule has 0 spiro atoms. The summed E-state index contributed by atoms with van der Waals surface area (Å²) in [7, 11) is 1.74. The van der Waals surface area contributed by atoms with Gasteiger partial charge in [-0.3, -0.25) is 0 Å². The Balaban J connectivity index is 2.12. The van der Waals surface area contributed by atoms with Crippen LogP contribution in [-0.4, -0.2) is 38.5 Å². The van der Waals surface area contributed by atoms with Crippen molar-refractivity contribution in [2.45, 2.75) is 57.6 Å². The van der Waals surface area contributed by atoms with E-state index in [0.717, 1.165) is 32.6 Å². The maximum atomic E-state index is 6.03. The van der Waals surface area contributed by atoms with Crippen LogP contribution in [0, 0.1) is 0 Å². The first-order chi connectivity index (χ1) is 7.68. The molecule has 0 bridgehead atoms. The van der Waals surface area contributed by atoms with E-state index >= 15 is 0 Å². The normalized spacial score (nSPS) is 18.8. The molecule has 1 saturated carbocycles. The van der Waals surface area contributed by atoms with Crippen LogP contribution in [0.2, 0.25) is 0 Å². The summed E-state index contributed by atoms with van der Waals surface area (Å²) in [6.07, 6.45) is 5.96. The summed E-state index contributed by atoms with van der Waals surface area (Å²) in [5.74, 6) is 0. The van der Waals surface area contributed by atoms with E-state index < -0.39 is 0 Å². The van der Waals surface area contributed by atoms with Gasteiger partial charge in [-0.2, -0.15) is 0 Å². The third-order valence-corrected chi connectivity index (χ3v) is 3.30. The minimum atomic E-state index is 0.190. The predicted molar refractivity (Wildman–Crippen MR) is 66.8 cm³/mol. The molecule has 0 aromatic heterocycles. The van der Waals surface area contributed by atoms with Crippen LogP contribution < -0.4 is 5.32 Å². The maximum absolute atomic E-state index is 6.03. The number of hydrogen-bond donors (Lipinski definition) is 1. The predicted octanol–water partition coefficient (Wildman–Crippen LogP) is 2.35. The van der Waals surface area contributed by atoms with Crippen LogP contribution in [0.25, 0.3) is 0 Å². The van der Waals surface area contributed by atoms with E-state index in [9.17, 15) is 0 Å². The number of methoxy groups -OCH3 is 1. The molecule has 1 fully saturated rings. The fourth-order valence-corrected chi connectivity index (χ4v) is 2.12. The summed E-state index contributed by atoms with van der Waals surface area (Å²) in [6.45, 7) is 7.09. The molecule has 0 atom stereocenters. The molecular weight excluding hydrogens is 202 g/mol. The molecule has 1 N–H and O–H groups in total. The lowest BCUT2D eigenvalue weighted by Gasteiger charge is -2.42. The maximum Gasteiger partial charge on any atom is 0.0694 e. The Bertz CT molecular complexity index is 179. The second kappa shape index (κ2) is 7.25. The second-order valence-electron chi connectivity index (χ2n) is 5.09. The van der Waals surface area contributed by atoms with Crippen molar-refractivity contribution in [2.75, 3.05) is 26.9 Å². The Morgan fingerprint density at radius 1 is 1.25 bits per heavy atom. The van der Waals surface area contributed by atoms with Crippen molar-refractivity contribution >= 4 is 0 Å². The van der Waals surface area contributed by atoms with Crippen molar-refractivity contribution in [3.05, 3.63) is 0 Å². The smallest absolute Gasteiger partial charge is 0.0694 e. The van der Waals surface area contributed by atoms with Crippen molar-refractivity contribution < 1.29 is 9.47 Å². The number of ether oxygens (including phenoxy) is 2. The van der Waals surface area contributed by atoms with Crippen LogP contribution in [0.4, 0.5) is 0 Å². The Morgan fingerprint density at radius 2 is 2.00 bits per heavy atom. The summed E-state index contributed by atoms with van der Waals surface area (Å²) in [5.41, 5.74) is 0.190. The third-order valence-electron chi connectivity index (χ3n) is 3.30. The quantitative estimate of drug-likeness (QED) is 0.616. The number of rotatable bonds is 9. The second-order valence-corrected chi connectivity index (χ2v) is 5.09. The SMILES string of the molecule is COCCCOC1(CCNC(C)C)CCC1. The number of nitrogens with one attached hydrogen (secondary N) is 1. The zero-order valence-corrected chi connectivity index (χ0v) is 11.1. The summed E-state index contributed by atoms with van der Waals surface area (Å²) in [6, 6.07) is 0.575. The molecule has 16 heavy (non-hydrogen) atoms. The minimum Gasteiger partial charge on any atom is -0.385 e. The van der Waals surface area contributed by atoms with Gasteiger partial charge >= 0.3 is 0 Å². The molecule has 0 aromatic carbocycles. The highest BCUT2D eigenvalue weighted by Crippen LogP contribution is 2.38. The van der Waals surface area contributed by atoms with Crippen LogP contribution in [-0.2, 0) is 9.47 Å². The van der Waals surface area contributed by atoms with Gasteiger partial charge in [-0.05, 0) is 38.6 Å². The largest absolute Gasteiger partial charge is 0.385 e. The monoisotopic (exact) mass is 229 g/mol. The Hall–Kier alpha value is -0.120. The van der Waals surface area contributed by atoms with Crippen molar-refractivity contribution in [3.8, 4) is 0 Å². The summed E-state index contributed by atoms with van der Waals surface area (Å²) < 4.78 is 11.1. The Labute approximate surface area is 99.9 Å². The molecule has 96 valence electrons. The van der Waals surface area contributed by atoms with Gasteiger partial charge in [0.2, 0.25) is 0 Å². The van der Waals surface area contributed by atoms with Crippen LogP contribution in [0.15, 0.2) is 0 Å². The first-order valence-corrected chi connectivity index (χ1v) is 6.55. The van der Waals surface area contributed by atoms with E-state index in [1.165, 1.54) is 19.3 Å². The van der Waals surface area contributed by atoms with Crippen molar-refractivity contribution in [2.24, 2.45) is 0 Å². The minimum absolute atomic E-state index is 0.190. The highest BCUT2D eigenvalue weighted by molar-refractivity contribution is 4.90. The van der Waals surface area contributed by atoms with E-state index in [1.54, 1.807) is 7.11 Å². The van der Waals surface area contributed by atoms with E-state index in [0.29, 0.717) is 6.04 Å². The van der Waals surface area contributed by atoms with Crippen molar-refractivity contribution in [1.82, 2.24) is 5.32 Å². The van der Waals surface area contributed by atoms with Gasteiger partial charge in [-0.15, -0.1) is 0 Å². The molecule has 3 nitrogen and oxygen atoms in total. The van der Waals surface area contributed by atoms with Crippen LogP contribution in [0.5, 0.6) is 0 Å². The zero-order valence-electron chi connectivity index (χ0n) is 11.1. The molecule has 0 aliphatic heterocycles. The average molecular weight is 229 g/mol. The lowest BCUT2D eigenvalue weighted by molar-refractivity contribution is -0.107. The molecular formula is C13H27NO2. The topological polar surface area (TPSA) is 30.5 Å². The van der Waals surface area contributed by atoms with Gasteiger partial charge in [-0.25, -0.2) is 0 Å². The van der Waals surface area contributed by atoms with Crippen LogP contribution in [0.3, 0.4) is 0 Å². The Morgan fingerprint density at radius 3 is 2.50 bits per heavy atom. The number of hydrogen-bond acceptors (Lipinski definition) is 3. The van der Waals surface area contributed by atoms with Crippen molar-refractivity contribution in [1.29, 1.82) is 0 Å². The van der Waals surface area contributed by atoms with Gasteiger partial charge in [0.15, 0.2) is 0 Å². The average Bonchev–Trinajstić information content (AvgIpc) is 2.19. The summed E-state index contributed by atoms with van der Waals surface area (Å²) >= 11 is 0. The molecule has 1 rings (SSSR count). The molecule has 1 aliphatic carbocycles. The van der Waals surface area contributed by atoms with Crippen LogP contribution in [0.1, 0.15) is 46.0 Å². The van der Waals surface area contributed by atoms with Gasteiger partial charge < -0.3 is 14.8 Å². The lowest BCUT2D eigenvalue weighted by atomic mass is 9.77. The van der Waals surface area contributed by atoms with E-state index in [4.69, 9.17) is 9.47 Å². The molecule has 1 aliphatic rings. The van der Waals surface area contributed by atoms with Crippen LogP contribution >= 0.6 is 0 Å². The van der Waals surface area contributed by atoms with E-state index in [1.807, 2.05) is 0 Å².